The zero-order valence-electron chi connectivity index (χ0n) is 9.85. The molecule has 0 bridgehead atoms. The van der Waals surface area contributed by atoms with E-state index in [4.69, 9.17) is 16.3 Å². The number of anilines is 1. The maximum atomic E-state index is 13.4. The van der Waals surface area contributed by atoms with Crippen LogP contribution in [0.1, 0.15) is 10.5 Å². The smallest absolute Gasteiger partial charge is 0.276 e. The van der Waals surface area contributed by atoms with Crippen molar-refractivity contribution < 1.29 is 13.9 Å². The zero-order valence-corrected chi connectivity index (χ0v) is 10.6. The summed E-state index contributed by atoms with van der Waals surface area (Å²) in [5.41, 5.74) is 0.376. The first-order valence-corrected chi connectivity index (χ1v) is 5.62. The molecule has 0 aliphatic carbocycles. The maximum Gasteiger partial charge on any atom is 0.276 e. The highest BCUT2D eigenvalue weighted by Crippen LogP contribution is 2.20. The molecule has 5 nitrogen and oxygen atoms in total. The standard InChI is InChI=1S/C12H9ClFN3O2/c1-19-10-4-2-7(6-8(10)14)15-12(18)9-3-5-11(13)17-16-9/h2-6H,1H3,(H,15,18). The van der Waals surface area contributed by atoms with Crippen LogP contribution in [-0.2, 0) is 0 Å². The first-order chi connectivity index (χ1) is 9.10. The second-order valence-corrected chi connectivity index (χ2v) is 3.93. The van der Waals surface area contributed by atoms with E-state index in [1.54, 1.807) is 0 Å². The second kappa shape index (κ2) is 5.62. The molecule has 1 N–H and O–H groups in total. The molecule has 1 amide bonds. The molecule has 1 heterocycles. The number of methoxy groups -OCH3 is 1. The Morgan fingerprint density at radius 1 is 1.32 bits per heavy atom. The summed E-state index contributed by atoms with van der Waals surface area (Å²) in [6.07, 6.45) is 0. The quantitative estimate of drug-likeness (QED) is 0.939. The number of benzene rings is 1. The number of amides is 1. The third-order valence-electron chi connectivity index (χ3n) is 2.27. The minimum atomic E-state index is -0.567. The first kappa shape index (κ1) is 13.2. The summed E-state index contributed by atoms with van der Waals surface area (Å²) in [4.78, 5) is 11.8. The van der Waals surface area contributed by atoms with Gasteiger partial charge in [0.05, 0.1) is 7.11 Å². The molecule has 0 fully saturated rings. The summed E-state index contributed by atoms with van der Waals surface area (Å²) in [5.74, 6) is -0.972. The Hall–Kier alpha value is -2.21. The molecular weight excluding hydrogens is 273 g/mol. The number of ether oxygens (including phenoxy) is 1. The molecule has 0 saturated heterocycles. The van der Waals surface area contributed by atoms with Crippen LogP contribution in [0.5, 0.6) is 5.75 Å². The van der Waals surface area contributed by atoms with Gasteiger partial charge in [-0.3, -0.25) is 4.79 Å². The summed E-state index contributed by atoms with van der Waals surface area (Å²) in [5, 5.41) is 9.84. The lowest BCUT2D eigenvalue weighted by atomic mass is 10.2. The molecule has 0 spiro atoms. The van der Waals surface area contributed by atoms with Gasteiger partial charge in [0.25, 0.3) is 5.91 Å². The molecular formula is C12H9ClFN3O2. The topological polar surface area (TPSA) is 64.1 Å². The Kier molecular flexibility index (Phi) is 3.91. The molecule has 0 aliphatic rings. The summed E-state index contributed by atoms with van der Waals surface area (Å²) in [7, 11) is 1.36. The first-order valence-electron chi connectivity index (χ1n) is 5.24. The molecule has 1 aromatic heterocycles. The van der Waals surface area contributed by atoms with E-state index in [2.05, 4.69) is 15.5 Å². The normalized spacial score (nSPS) is 10.1. The van der Waals surface area contributed by atoms with Crippen molar-refractivity contribution in [1.82, 2.24) is 10.2 Å². The highest BCUT2D eigenvalue weighted by molar-refractivity contribution is 6.29. The lowest BCUT2D eigenvalue weighted by Crippen LogP contribution is -2.14. The fourth-order valence-corrected chi connectivity index (χ4v) is 1.48. The summed E-state index contributed by atoms with van der Waals surface area (Å²) < 4.78 is 18.2. The van der Waals surface area contributed by atoms with Crippen LogP contribution < -0.4 is 10.1 Å². The van der Waals surface area contributed by atoms with Crippen LogP contribution in [0.2, 0.25) is 5.15 Å². The van der Waals surface area contributed by atoms with Crippen LogP contribution in [0, 0.1) is 5.82 Å². The predicted molar refractivity (Wildman–Crippen MR) is 67.9 cm³/mol. The van der Waals surface area contributed by atoms with E-state index in [0.29, 0.717) is 5.69 Å². The number of nitrogens with zero attached hydrogens (tertiary/aromatic N) is 2. The fourth-order valence-electron chi connectivity index (χ4n) is 1.38. The van der Waals surface area contributed by atoms with Crippen molar-refractivity contribution in [2.45, 2.75) is 0 Å². The van der Waals surface area contributed by atoms with Gasteiger partial charge >= 0.3 is 0 Å². The van der Waals surface area contributed by atoms with E-state index in [-0.39, 0.29) is 16.6 Å². The summed E-state index contributed by atoms with van der Waals surface area (Å²) >= 11 is 5.56. The van der Waals surface area contributed by atoms with Gasteiger partial charge in [-0.05, 0) is 24.3 Å². The lowest BCUT2D eigenvalue weighted by Gasteiger charge is -2.06. The van der Waals surface area contributed by atoms with Crippen molar-refractivity contribution in [2.75, 3.05) is 12.4 Å². The number of nitrogens with one attached hydrogen (secondary N) is 1. The predicted octanol–water partition coefficient (Wildman–Crippen LogP) is 2.53. The van der Waals surface area contributed by atoms with E-state index in [1.165, 1.54) is 31.4 Å². The molecule has 2 rings (SSSR count). The summed E-state index contributed by atoms with van der Waals surface area (Å²) in [6, 6.07) is 6.95. The minimum absolute atomic E-state index is 0.0839. The van der Waals surface area contributed by atoms with Crippen molar-refractivity contribution in [3.8, 4) is 5.75 Å². The molecule has 2 aromatic rings. The van der Waals surface area contributed by atoms with E-state index < -0.39 is 11.7 Å². The highest BCUT2D eigenvalue weighted by Gasteiger charge is 2.10. The molecule has 0 aliphatic heterocycles. The van der Waals surface area contributed by atoms with Crippen molar-refractivity contribution in [3.05, 3.63) is 47.0 Å². The Morgan fingerprint density at radius 2 is 2.11 bits per heavy atom. The number of hydrogen-bond donors (Lipinski definition) is 1. The highest BCUT2D eigenvalue weighted by atomic mass is 35.5. The molecule has 0 radical (unpaired) electrons. The number of carbonyl (C=O) groups excluding carboxylic acids is 1. The van der Waals surface area contributed by atoms with Gasteiger partial charge in [0.1, 0.15) is 0 Å². The van der Waals surface area contributed by atoms with E-state index >= 15 is 0 Å². The zero-order chi connectivity index (χ0) is 13.8. The lowest BCUT2D eigenvalue weighted by molar-refractivity contribution is 0.102. The van der Waals surface area contributed by atoms with Gasteiger partial charge in [-0.2, -0.15) is 0 Å². The molecule has 19 heavy (non-hydrogen) atoms. The number of halogens is 2. The van der Waals surface area contributed by atoms with Crippen LogP contribution in [0.15, 0.2) is 30.3 Å². The van der Waals surface area contributed by atoms with Crippen LogP contribution >= 0.6 is 11.6 Å². The maximum absolute atomic E-state index is 13.4. The van der Waals surface area contributed by atoms with Gasteiger partial charge in [-0.15, -0.1) is 10.2 Å². The number of hydrogen-bond acceptors (Lipinski definition) is 4. The van der Waals surface area contributed by atoms with Gasteiger partial charge < -0.3 is 10.1 Å². The third-order valence-corrected chi connectivity index (χ3v) is 2.48. The van der Waals surface area contributed by atoms with E-state index in [1.807, 2.05) is 0 Å². The van der Waals surface area contributed by atoms with Crippen molar-refractivity contribution in [1.29, 1.82) is 0 Å². The van der Waals surface area contributed by atoms with Crippen LogP contribution in [0.3, 0.4) is 0 Å². The average molecular weight is 282 g/mol. The average Bonchev–Trinajstić information content (AvgIpc) is 2.39. The molecule has 1 aromatic carbocycles. The second-order valence-electron chi connectivity index (χ2n) is 3.54. The number of aromatic nitrogens is 2. The van der Waals surface area contributed by atoms with Gasteiger partial charge in [-0.1, -0.05) is 11.6 Å². The van der Waals surface area contributed by atoms with Gasteiger partial charge in [0.15, 0.2) is 22.4 Å². The monoisotopic (exact) mass is 281 g/mol. The third kappa shape index (κ3) is 3.17. The van der Waals surface area contributed by atoms with Crippen LogP contribution in [0.25, 0.3) is 0 Å². The van der Waals surface area contributed by atoms with E-state index in [9.17, 15) is 9.18 Å². The molecule has 0 saturated carbocycles. The Labute approximate surface area is 113 Å². The molecule has 0 atom stereocenters. The van der Waals surface area contributed by atoms with Crippen molar-refractivity contribution in [2.24, 2.45) is 0 Å². The fraction of sp³-hybridized carbons (Fsp3) is 0.0833. The largest absolute Gasteiger partial charge is 0.494 e. The Balaban J connectivity index is 2.14. The molecule has 0 unspecified atom stereocenters. The van der Waals surface area contributed by atoms with Crippen molar-refractivity contribution in [3.63, 3.8) is 0 Å². The van der Waals surface area contributed by atoms with Gasteiger partial charge in [-0.25, -0.2) is 4.39 Å². The van der Waals surface area contributed by atoms with Gasteiger partial charge in [0.2, 0.25) is 0 Å². The van der Waals surface area contributed by atoms with Gasteiger partial charge in [0, 0.05) is 11.8 Å². The van der Waals surface area contributed by atoms with Crippen LogP contribution in [-0.4, -0.2) is 23.2 Å². The van der Waals surface area contributed by atoms with Crippen molar-refractivity contribution >= 4 is 23.2 Å². The molecule has 98 valence electrons. The number of rotatable bonds is 3. The Morgan fingerprint density at radius 3 is 2.68 bits per heavy atom. The van der Waals surface area contributed by atoms with E-state index in [0.717, 1.165) is 6.07 Å². The molecule has 7 heteroatoms. The summed E-state index contributed by atoms with van der Waals surface area (Å²) in [6.45, 7) is 0. The Bertz CT molecular complexity index is 604. The van der Waals surface area contributed by atoms with Crippen LogP contribution in [0.4, 0.5) is 10.1 Å². The SMILES string of the molecule is COc1ccc(NC(=O)c2ccc(Cl)nn2)cc1F. The minimum Gasteiger partial charge on any atom is -0.494 e. The number of carbonyl (C=O) groups is 1.